The summed E-state index contributed by atoms with van der Waals surface area (Å²) in [6.45, 7) is 10.7. The lowest BCUT2D eigenvalue weighted by molar-refractivity contribution is -0.122. The molecule has 1 rings (SSSR count). The Morgan fingerprint density at radius 2 is 2.22 bits per heavy atom. The van der Waals surface area contributed by atoms with E-state index in [9.17, 15) is 4.79 Å². The average molecular weight is 257 g/mol. The van der Waals surface area contributed by atoms with Gasteiger partial charge in [-0.05, 0) is 25.4 Å². The first-order chi connectivity index (χ1) is 8.68. The van der Waals surface area contributed by atoms with Crippen LogP contribution in [0.5, 0.6) is 0 Å². The van der Waals surface area contributed by atoms with Crippen LogP contribution in [0.3, 0.4) is 0 Å². The van der Waals surface area contributed by atoms with Crippen molar-refractivity contribution in [2.45, 2.75) is 20.3 Å². The highest BCUT2D eigenvalue weighted by atomic mass is 16.5. The minimum Gasteiger partial charge on any atom is -0.379 e. The molecule has 5 nitrogen and oxygen atoms in total. The smallest absolute Gasteiger partial charge is 0.234 e. The van der Waals surface area contributed by atoms with E-state index in [0.29, 0.717) is 25.6 Å². The van der Waals surface area contributed by atoms with Crippen LogP contribution in [0.4, 0.5) is 0 Å². The first kappa shape index (κ1) is 15.4. The summed E-state index contributed by atoms with van der Waals surface area (Å²) in [5.41, 5.74) is 0. The minimum absolute atomic E-state index is 0.102. The zero-order chi connectivity index (χ0) is 13.2. The van der Waals surface area contributed by atoms with Crippen molar-refractivity contribution in [3.05, 3.63) is 0 Å². The van der Waals surface area contributed by atoms with Crippen LogP contribution in [0, 0.1) is 5.92 Å². The molecule has 2 N–H and O–H groups in total. The molecule has 1 aliphatic heterocycles. The van der Waals surface area contributed by atoms with Gasteiger partial charge in [0.15, 0.2) is 0 Å². The van der Waals surface area contributed by atoms with Crippen molar-refractivity contribution in [2.75, 3.05) is 52.5 Å². The molecule has 5 heteroatoms. The third kappa shape index (κ3) is 7.63. The maximum Gasteiger partial charge on any atom is 0.234 e. The van der Waals surface area contributed by atoms with E-state index in [1.807, 2.05) is 0 Å². The van der Waals surface area contributed by atoms with Gasteiger partial charge in [-0.2, -0.15) is 0 Å². The Kier molecular flexibility index (Phi) is 7.96. The quantitative estimate of drug-likeness (QED) is 0.634. The highest BCUT2D eigenvalue weighted by Gasteiger charge is 2.11. The Morgan fingerprint density at radius 1 is 1.39 bits per heavy atom. The summed E-state index contributed by atoms with van der Waals surface area (Å²) in [7, 11) is 0. The number of carbonyl (C=O) groups is 1. The van der Waals surface area contributed by atoms with E-state index < -0.39 is 0 Å². The van der Waals surface area contributed by atoms with Crippen molar-refractivity contribution in [3.63, 3.8) is 0 Å². The molecule has 1 heterocycles. The number of nitrogens with zero attached hydrogens (tertiary/aromatic N) is 1. The van der Waals surface area contributed by atoms with Crippen LogP contribution in [-0.2, 0) is 9.53 Å². The molecular weight excluding hydrogens is 230 g/mol. The van der Waals surface area contributed by atoms with E-state index in [2.05, 4.69) is 29.4 Å². The molecule has 0 radical (unpaired) electrons. The number of nitrogens with one attached hydrogen (secondary N) is 2. The van der Waals surface area contributed by atoms with Gasteiger partial charge in [0.2, 0.25) is 5.91 Å². The highest BCUT2D eigenvalue weighted by molar-refractivity contribution is 5.77. The van der Waals surface area contributed by atoms with Gasteiger partial charge < -0.3 is 15.4 Å². The summed E-state index contributed by atoms with van der Waals surface area (Å²) in [5.74, 6) is 0.648. The molecule has 0 saturated carbocycles. The summed E-state index contributed by atoms with van der Waals surface area (Å²) in [5, 5.41) is 6.23. The Hall–Kier alpha value is -0.650. The number of ether oxygens (including phenoxy) is 1. The highest BCUT2D eigenvalue weighted by Crippen LogP contribution is 1.94. The second-order valence-electron chi connectivity index (χ2n) is 5.20. The first-order valence-electron chi connectivity index (χ1n) is 6.96. The normalized spacial score (nSPS) is 17.7. The standard InChI is InChI=1S/C13H27N3O2/c1-12(2)11-18-9-6-15-13(17)10-16-7-3-4-14-5-8-16/h12,14H,3-11H2,1-2H3,(H,15,17). The zero-order valence-corrected chi connectivity index (χ0v) is 11.7. The van der Waals surface area contributed by atoms with Crippen LogP contribution in [0.1, 0.15) is 20.3 Å². The SMILES string of the molecule is CC(C)COCCNC(=O)CN1CCCNCC1. The number of rotatable bonds is 7. The van der Waals surface area contributed by atoms with E-state index in [-0.39, 0.29) is 5.91 Å². The maximum atomic E-state index is 11.7. The van der Waals surface area contributed by atoms with Crippen LogP contribution < -0.4 is 10.6 Å². The first-order valence-corrected chi connectivity index (χ1v) is 6.96. The average Bonchev–Trinajstić information content (AvgIpc) is 2.56. The Balaban J connectivity index is 2.02. The van der Waals surface area contributed by atoms with E-state index in [4.69, 9.17) is 4.74 Å². The van der Waals surface area contributed by atoms with Crippen molar-refractivity contribution in [1.82, 2.24) is 15.5 Å². The van der Waals surface area contributed by atoms with Crippen LogP contribution in [0.15, 0.2) is 0 Å². The van der Waals surface area contributed by atoms with Gasteiger partial charge in [0.1, 0.15) is 0 Å². The lowest BCUT2D eigenvalue weighted by Gasteiger charge is -2.18. The molecule has 1 aliphatic rings. The molecular formula is C13H27N3O2. The van der Waals surface area contributed by atoms with Gasteiger partial charge in [-0.15, -0.1) is 0 Å². The molecule has 0 atom stereocenters. The van der Waals surface area contributed by atoms with Crippen molar-refractivity contribution < 1.29 is 9.53 Å². The van der Waals surface area contributed by atoms with Crippen LogP contribution in [-0.4, -0.2) is 63.3 Å². The van der Waals surface area contributed by atoms with Crippen molar-refractivity contribution in [3.8, 4) is 0 Å². The maximum absolute atomic E-state index is 11.7. The zero-order valence-electron chi connectivity index (χ0n) is 11.7. The number of carbonyl (C=O) groups excluding carboxylic acids is 1. The molecule has 1 saturated heterocycles. The van der Waals surface area contributed by atoms with Crippen molar-refractivity contribution in [2.24, 2.45) is 5.92 Å². The lowest BCUT2D eigenvalue weighted by atomic mass is 10.2. The Labute approximate surface area is 110 Å². The molecule has 0 bridgehead atoms. The van der Waals surface area contributed by atoms with Crippen LogP contribution in [0.25, 0.3) is 0 Å². The van der Waals surface area contributed by atoms with Crippen LogP contribution in [0.2, 0.25) is 0 Å². The topological polar surface area (TPSA) is 53.6 Å². The fourth-order valence-corrected chi connectivity index (χ4v) is 1.90. The van der Waals surface area contributed by atoms with Gasteiger partial charge in [-0.3, -0.25) is 9.69 Å². The third-order valence-electron chi connectivity index (χ3n) is 2.82. The fraction of sp³-hybridized carbons (Fsp3) is 0.923. The van der Waals surface area contributed by atoms with Gasteiger partial charge in [0, 0.05) is 26.2 Å². The summed E-state index contributed by atoms with van der Waals surface area (Å²) in [6.07, 6.45) is 1.12. The molecule has 0 spiro atoms. The predicted octanol–water partition coefficient (Wildman–Crippen LogP) is 0.0705. The van der Waals surface area contributed by atoms with E-state index in [1.165, 1.54) is 0 Å². The largest absolute Gasteiger partial charge is 0.379 e. The van der Waals surface area contributed by atoms with Gasteiger partial charge >= 0.3 is 0 Å². The van der Waals surface area contributed by atoms with Crippen molar-refractivity contribution >= 4 is 5.91 Å². The predicted molar refractivity (Wildman–Crippen MR) is 72.6 cm³/mol. The summed E-state index contributed by atoms with van der Waals surface area (Å²) in [4.78, 5) is 13.9. The second-order valence-corrected chi connectivity index (χ2v) is 5.20. The second kappa shape index (κ2) is 9.30. The Morgan fingerprint density at radius 3 is 3.00 bits per heavy atom. The Bertz CT molecular complexity index is 226. The number of hydrogen-bond acceptors (Lipinski definition) is 4. The van der Waals surface area contributed by atoms with E-state index in [0.717, 1.165) is 39.2 Å². The molecule has 1 amide bonds. The molecule has 0 aromatic rings. The molecule has 106 valence electrons. The van der Waals surface area contributed by atoms with Crippen LogP contribution >= 0.6 is 0 Å². The van der Waals surface area contributed by atoms with E-state index in [1.54, 1.807) is 0 Å². The number of amides is 1. The summed E-state index contributed by atoms with van der Waals surface area (Å²) < 4.78 is 5.42. The fourth-order valence-electron chi connectivity index (χ4n) is 1.90. The molecule has 18 heavy (non-hydrogen) atoms. The van der Waals surface area contributed by atoms with Gasteiger partial charge in [-0.1, -0.05) is 13.8 Å². The van der Waals surface area contributed by atoms with E-state index >= 15 is 0 Å². The van der Waals surface area contributed by atoms with Gasteiger partial charge in [-0.25, -0.2) is 0 Å². The number of hydrogen-bond donors (Lipinski definition) is 2. The summed E-state index contributed by atoms with van der Waals surface area (Å²) in [6, 6.07) is 0. The molecule has 0 aliphatic carbocycles. The molecule has 0 aromatic heterocycles. The van der Waals surface area contributed by atoms with Gasteiger partial charge in [0.05, 0.1) is 13.2 Å². The molecule has 0 unspecified atom stereocenters. The minimum atomic E-state index is 0.102. The monoisotopic (exact) mass is 257 g/mol. The molecule has 0 aromatic carbocycles. The molecule has 1 fully saturated rings. The van der Waals surface area contributed by atoms with Crippen molar-refractivity contribution in [1.29, 1.82) is 0 Å². The lowest BCUT2D eigenvalue weighted by Crippen LogP contribution is -2.40. The summed E-state index contributed by atoms with van der Waals surface area (Å²) >= 11 is 0. The van der Waals surface area contributed by atoms with Gasteiger partial charge in [0.25, 0.3) is 0 Å². The third-order valence-corrected chi connectivity index (χ3v) is 2.82.